The maximum absolute atomic E-state index is 6.01. The van der Waals surface area contributed by atoms with Gasteiger partial charge in [-0.3, -0.25) is 9.89 Å². The minimum atomic E-state index is 0.474. The molecular formula is C18H36N4O. The van der Waals surface area contributed by atoms with Crippen LogP contribution in [0.25, 0.3) is 0 Å². The Kier molecular flexibility index (Phi) is 8.17. The van der Waals surface area contributed by atoms with E-state index in [0.717, 1.165) is 31.7 Å². The maximum Gasteiger partial charge on any atom is 0.191 e. The Morgan fingerprint density at radius 1 is 1.13 bits per heavy atom. The molecule has 0 saturated heterocycles. The van der Waals surface area contributed by atoms with Gasteiger partial charge in [0.25, 0.3) is 0 Å². The van der Waals surface area contributed by atoms with Gasteiger partial charge in [0.15, 0.2) is 5.96 Å². The Morgan fingerprint density at radius 3 is 2.43 bits per heavy atom. The molecule has 0 aromatic rings. The van der Waals surface area contributed by atoms with Crippen LogP contribution in [0.2, 0.25) is 0 Å². The highest BCUT2D eigenvalue weighted by Crippen LogP contribution is 2.26. The lowest BCUT2D eigenvalue weighted by Crippen LogP contribution is -2.46. The van der Waals surface area contributed by atoms with E-state index in [0.29, 0.717) is 12.1 Å². The zero-order valence-corrected chi connectivity index (χ0v) is 15.3. The third-order valence-electron chi connectivity index (χ3n) is 5.16. The van der Waals surface area contributed by atoms with Gasteiger partial charge in [0.2, 0.25) is 0 Å². The average molecular weight is 325 g/mol. The summed E-state index contributed by atoms with van der Waals surface area (Å²) in [5.74, 6) is 0.880. The quantitative estimate of drug-likeness (QED) is 0.311. The second-order valence-electron chi connectivity index (χ2n) is 7.11. The van der Waals surface area contributed by atoms with Crippen molar-refractivity contribution in [3.05, 3.63) is 0 Å². The minimum Gasteiger partial charge on any atom is -0.376 e. The highest BCUT2D eigenvalue weighted by Gasteiger charge is 2.28. The molecule has 1 atom stereocenters. The smallest absolute Gasteiger partial charge is 0.191 e. The van der Waals surface area contributed by atoms with E-state index in [4.69, 9.17) is 4.74 Å². The van der Waals surface area contributed by atoms with Crippen molar-refractivity contribution < 1.29 is 4.74 Å². The molecule has 2 rings (SSSR count). The fourth-order valence-corrected chi connectivity index (χ4v) is 3.25. The lowest BCUT2D eigenvalue weighted by atomic mass is 10.1. The normalized spacial score (nSPS) is 22.0. The molecule has 134 valence electrons. The van der Waals surface area contributed by atoms with E-state index in [1.165, 1.54) is 51.4 Å². The first-order valence-electron chi connectivity index (χ1n) is 9.48. The largest absolute Gasteiger partial charge is 0.376 e. The molecule has 0 amide bonds. The van der Waals surface area contributed by atoms with Crippen molar-refractivity contribution in [2.45, 2.75) is 76.5 Å². The molecular weight excluding hydrogens is 288 g/mol. The van der Waals surface area contributed by atoms with E-state index in [9.17, 15) is 0 Å². The monoisotopic (exact) mass is 324 g/mol. The van der Waals surface area contributed by atoms with Crippen molar-refractivity contribution in [3.8, 4) is 0 Å². The van der Waals surface area contributed by atoms with Gasteiger partial charge in [-0.05, 0) is 39.7 Å². The fourth-order valence-electron chi connectivity index (χ4n) is 3.25. The van der Waals surface area contributed by atoms with Gasteiger partial charge in [0.05, 0.1) is 12.7 Å². The molecule has 2 aliphatic carbocycles. The van der Waals surface area contributed by atoms with Gasteiger partial charge in [-0.1, -0.05) is 25.7 Å². The Balaban J connectivity index is 1.55. The van der Waals surface area contributed by atoms with Crippen molar-refractivity contribution in [1.29, 1.82) is 0 Å². The van der Waals surface area contributed by atoms with Crippen molar-refractivity contribution >= 4 is 5.96 Å². The second kappa shape index (κ2) is 10.1. The van der Waals surface area contributed by atoms with Crippen LogP contribution in [-0.2, 0) is 4.74 Å². The zero-order valence-electron chi connectivity index (χ0n) is 15.3. The number of hydrogen-bond acceptors (Lipinski definition) is 3. The van der Waals surface area contributed by atoms with Crippen LogP contribution in [-0.4, -0.2) is 62.8 Å². The highest BCUT2D eigenvalue weighted by atomic mass is 16.5. The Bertz CT molecular complexity index is 349. The van der Waals surface area contributed by atoms with E-state index in [-0.39, 0.29) is 0 Å². The van der Waals surface area contributed by atoms with Crippen LogP contribution in [0.15, 0.2) is 4.99 Å². The molecule has 5 nitrogen and oxygen atoms in total. The number of likely N-dealkylation sites (N-methyl/N-ethyl adjacent to an activating group) is 1. The van der Waals surface area contributed by atoms with E-state index in [2.05, 4.69) is 34.5 Å². The van der Waals surface area contributed by atoms with Gasteiger partial charge in [0.1, 0.15) is 0 Å². The number of aliphatic imine (C=N–C) groups is 1. The molecule has 2 saturated carbocycles. The van der Waals surface area contributed by atoms with Crippen molar-refractivity contribution in [1.82, 2.24) is 15.5 Å². The summed E-state index contributed by atoms with van der Waals surface area (Å²) < 4.78 is 6.01. The van der Waals surface area contributed by atoms with Gasteiger partial charge in [0, 0.05) is 32.2 Å². The van der Waals surface area contributed by atoms with Crippen molar-refractivity contribution in [2.24, 2.45) is 4.99 Å². The zero-order chi connectivity index (χ0) is 16.5. The molecule has 0 radical (unpaired) electrons. The minimum absolute atomic E-state index is 0.474. The van der Waals surface area contributed by atoms with Crippen molar-refractivity contribution in [2.75, 3.05) is 33.8 Å². The first-order chi connectivity index (χ1) is 11.2. The van der Waals surface area contributed by atoms with Crippen LogP contribution < -0.4 is 10.6 Å². The lowest BCUT2D eigenvalue weighted by molar-refractivity contribution is 0.0468. The topological polar surface area (TPSA) is 48.9 Å². The third kappa shape index (κ3) is 7.08. The second-order valence-corrected chi connectivity index (χ2v) is 7.11. The predicted molar refractivity (Wildman–Crippen MR) is 97.1 cm³/mol. The first kappa shape index (κ1) is 18.5. The van der Waals surface area contributed by atoms with Crippen molar-refractivity contribution in [3.63, 3.8) is 0 Å². The summed E-state index contributed by atoms with van der Waals surface area (Å²) >= 11 is 0. The van der Waals surface area contributed by atoms with E-state index >= 15 is 0 Å². The SMILES string of the molecule is CN=C(NCCOC1CCCCCC1)NCC(C)N(C)C1CC1. The summed E-state index contributed by atoms with van der Waals surface area (Å²) in [6.07, 6.45) is 11.1. The third-order valence-corrected chi connectivity index (χ3v) is 5.16. The van der Waals surface area contributed by atoms with Crippen LogP contribution in [0, 0.1) is 0 Å². The maximum atomic E-state index is 6.01. The summed E-state index contributed by atoms with van der Waals surface area (Å²) in [4.78, 5) is 6.77. The first-order valence-corrected chi connectivity index (χ1v) is 9.48. The van der Waals surface area contributed by atoms with E-state index in [1.807, 2.05) is 7.05 Å². The number of rotatable bonds is 8. The molecule has 2 N–H and O–H groups in total. The predicted octanol–water partition coefficient (Wildman–Crippen LogP) is 2.37. The van der Waals surface area contributed by atoms with Crippen LogP contribution in [0.3, 0.4) is 0 Å². The summed E-state index contributed by atoms with van der Waals surface area (Å²) in [6.45, 7) is 4.79. The van der Waals surface area contributed by atoms with E-state index in [1.54, 1.807) is 0 Å². The van der Waals surface area contributed by atoms with Gasteiger partial charge in [-0.25, -0.2) is 0 Å². The molecule has 0 bridgehead atoms. The number of nitrogens with one attached hydrogen (secondary N) is 2. The van der Waals surface area contributed by atoms with Crippen LogP contribution >= 0.6 is 0 Å². The van der Waals surface area contributed by atoms with Crippen LogP contribution in [0.4, 0.5) is 0 Å². The molecule has 1 unspecified atom stereocenters. The molecule has 5 heteroatoms. The lowest BCUT2D eigenvalue weighted by Gasteiger charge is -2.25. The molecule has 0 aliphatic heterocycles. The van der Waals surface area contributed by atoms with Crippen LogP contribution in [0.1, 0.15) is 58.3 Å². The molecule has 2 aliphatic rings. The summed E-state index contributed by atoms with van der Waals surface area (Å²) in [7, 11) is 4.05. The van der Waals surface area contributed by atoms with Gasteiger partial charge >= 0.3 is 0 Å². The number of nitrogens with zero attached hydrogens (tertiary/aromatic N) is 2. The number of ether oxygens (including phenoxy) is 1. The fraction of sp³-hybridized carbons (Fsp3) is 0.944. The average Bonchev–Trinajstić information content (AvgIpc) is 3.40. The molecule has 0 aromatic carbocycles. The van der Waals surface area contributed by atoms with Gasteiger partial charge < -0.3 is 15.4 Å². The molecule has 2 fully saturated rings. The highest BCUT2D eigenvalue weighted by molar-refractivity contribution is 5.79. The standard InChI is InChI=1S/C18H36N4O/c1-15(22(3)16-10-11-16)14-21-18(19-2)20-12-13-23-17-8-6-4-5-7-9-17/h15-17H,4-14H2,1-3H3,(H2,19,20,21). The Labute approximate surface area is 142 Å². The van der Waals surface area contributed by atoms with Crippen LogP contribution in [0.5, 0.6) is 0 Å². The number of hydrogen-bond donors (Lipinski definition) is 2. The Hall–Kier alpha value is -0.810. The molecule has 0 aromatic heterocycles. The number of guanidine groups is 1. The van der Waals surface area contributed by atoms with Gasteiger partial charge in [-0.15, -0.1) is 0 Å². The van der Waals surface area contributed by atoms with E-state index < -0.39 is 0 Å². The summed E-state index contributed by atoms with van der Waals surface area (Å²) in [6, 6.07) is 1.33. The molecule has 0 spiro atoms. The summed E-state index contributed by atoms with van der Waals surface area (Å²) in [5, 5.41) is 6.78. The van der Waals surface area contributed by atoms with Gasteiger partial charge in [-0.2, -0.15) is 0 Å². The molecule has 23 heavy (non-hydrogen) atoms. The molecule has 0 heterocycles. The Morgan fingerprint density at radius 2 is 1.83 bits per heavy atom. The summed E-state index contributed by atoms with van der Waals surface area (Å²) in [5.41, 5.74) is 0.